The molecule has 1 amide bonds. The van der Waals surface area contributed by atoms with E-state index < -0.39 is 0 Å². The maximum absolute atomic E-state index is 12.9. The maximum atomic E-state index is 12.9. The first-order valence-corrected chi connectivity index (χ1v) is 10.3. The number of benzene rings is 1. The van der Waals surface area contributed by atoms with Gasteiger partial charge in [0, 0.05) is 6.04 Å². The molecule has 3 aromatic rings. The SMILES string of the molecule is CC[C@@H](C)n1c(SCC(=O)Nc2sccc2C#N)nc2ccccc2c1=O. The molecule has 6 nitrogen and oxygen atoms in total. The number of nitrogens with one attached hydrogen (secondary N) is 1. The molecule has 0 aliphatic rings. The van der Waals surface area contributed by atoms with Crippen molar-refractivity contribution in [3.63, 3.8) is 0 Å². The molecule has 1 aromatic carbocycles. The third-order valence-corrected chi connectivity index (χ3v) is 5.96. The van der Waals surface area contributed by atoms with E-state index in [4.69, 9.17) is 5.26 Å². The lowest BCUT2D eigenvalue weighted by molar-refractivity contribution is -0.113. The molecule has 0 aliphatic heterocycles. The van der Waals surface area contributed by atoms with Crippen molar-refractivity contribution in [2.75, 3.05) is 11.1 Å². The molecule has 0 fully saturated rings. The number of carbonyl (C=O) groups is 1. The number of rotatable bonds is 6. The van der Waals surface area contributed by atoms with Crippen molar-refractivity contribution in [1.29, 1.82) is 5.26 Å². The zero-order valence-corrected chi connectivity index (χ0v) is 16.6. The first-order chi connectivity index (χ1) is 13.0. The monoisotopic (exact) mass is 398 g/mol. The van der Waals surface area contributed by atoms with Gasteiger partial charge in [-0.2, -0.15) is 5.26 Å². The third kappa shape index (κ3) is 4.04. The topological polar surface area (TPSA) is 87.8 Å². The van der Waals surface area contributed by atoms with Gasteiger partial charge in [0.05, 0.1) is 22.2 Å². The average Bonchev–Trinajstić information content (AvgIpc) is 3.13. The van der Waals surface area contributed by atoms with Gasteiger partial charge in [0.25, 0.3) is 5.56 Å². The van der Waals surface area contributed by atoms with Crippen LogP contribution in [0.25, 0.3) is 10.9 Å². The van der Waals surface area contributed by atoms with Crippen molar-refractivity contribution < 1.29 is 4.79 Å². The van der Waals surface area contributed by atoms with Crippen LogP contribution in [-0.4, -0.2) is 21.2 Å². The highest BCUT2D eigenvalue weighted by atomic mass is 32.2. The molecule has 2 aromatic heterocycles. The smallest absolute Gasteiger partial charge is 0.262 e. The third-order valence-electron chi connectivity index (χ3n) is 4.18. The van der Waals surface area contributed by atoms with E-state index in [9.17, 15) is 9.59 Å². The highest BCUT2D eigenvalue weighted by molar-refractivity contribution is 7.99. The lowest BCUT2D eigenvalue weighted by Gasteiger charge is -2.18. The number of fused-ring (bicyclic) bond motifs is 1. The van der Waals surface area contributed by atoms with Gasteiger partial charge in [-0.15, -0.1) is 11.3 Å². The Kier molecular flexibility index (Phi) is 5.94. The second kappa shape index (κ2) is 8.37. The van der Waals surface area contributed by atoms with Gasteiger partial charge in [-0.3, -0.25) is 14.2 Å². The van der Waals surface area contributed by atoms with Gasteiger partial charge >= 0.3 is 0 Å². The summed E-state index contributed by atoms with van der Waals surface area (Å²) in [6.45, 7) is 3.97. The fraction of sp³-hybridized carbons (Fsp3) is 0.263. The number of thiophene rings is 1. The molecular formula is C19H18N4O2S2. The Bertz CT molecular complexity index is 1080. The lowest BCUT2D eigenvalue weighted by atomic mass is 10.2. The van der Waals surface area contributed by atoms with Gasteiger partial charge in [-0.25, -0.2) is 4.98 Å². The first-order valence-electron chi connectivity index (χ1n) is 8.46. The van der Waals surface area contributed by atoms with E-state index in [1.807, 2.05) is 32.0 Å². The number of hydrogen-bond donors (Lipinski definition) is 1. The predicted octanol–water partition coefficient (Wildman–Crippen LogP) is 4.03. The number of para-hydroxylation sites is 1. The summed E-state index contributed by atoms with van der Waals surface area (Å²) in [7, 11) is 0. The zero-order valence-electron chi connectivity index (χ0n) is 14.9. The van der Waals surface area contributed by atoms with Gasteiger partial charge in [0.2, 0.25) is 5.91 Å². The van der Waals surface area contributed by atoms with Crippen LogP contribution in [0.15, 0.2) is 45.7 Å². The van der Waals surface area contributed by atoms with Crippen molar-refractivity contribution in [2.24, 2.45) is 0 Å². The van der Waals surface area contributed by atoms with Crippen LogP contribution in [0.3, 0.4) is 0 Å². The maximum Gasteiger partial charge on any atom is 0.262 e. The Balaban J connectivity index is 1.86. The molecular weight excluding hydrogens is 380 g/mol. The molecule has 8 heteroatoms. The molecule has 0 bridgehead atoms. The van der Waals surface area contributed by atoms with Crippen molar-refractivity contribution in [2.45, 2.75) is 31.5 Å². The molecule has 0 aliphatic carbocycles. The molecule has 0 saturated carbocycles. The standard InChI is InChI=1S/C19H18N4O2S2/c1-3-12(2)23-18(25)14-6-4-5-7-15(14)21-19(23)27-11-16(24)22-17-13(10-20)8-9-26-17/h4-9,12H,3,11H2,1-2H3,(H,22,24)/t12-/m1/s1. The predicted molar refractivity (Wildman–Crippen MR) is 109 cm³/mol. The highest BCUT2D eigenvalue weighted by Gasteiger charge is 2.17. The summed E-state index contributed by atoms with van der Waals surface area (Å²) >= 11 is 2.53. The Morgan fingerprint density at radius 3 is 2.93 bits per heavy atom. The molecule has 0 unspecified atom stereocenters. The van der Waals surface area contributed by atoms with Crippen molar-refractivity contribution in [1.82, 2.24) is 9.55 Å². The summed E-state index contributed by atoms with van der Waals surface area (Å²) in [6, 6.07) is 10.9. The van der Waals surface area contributed by atoms with Crippen LogP contribution < -0.4 is 10.9 Å². The summed E-state index contributed by atoms with van der Waals surface area (Å²) in [5.74, 6) is -0.138. The fourth-order valence-electron chi connectivity index (χ4n) is 2.59. The first kappa shape index (κ1) is 19.1. The molecule has 0 saturated heterocycles. The normalized spacial score (nSPS) is 11.9. The van der Waals surface area contributed by atoms with Crippen LogP contribution >= 0.6 is 23.1 Å². The van der Waals surface area contributed by atoms with Crippen LogP contribution in [0.2, 0.25) is 0 Å². The van der Waals surface area contributed by atoms with E-state index in [0.717, 1.165) is 6.42 Å². The van der Waals surface area contributed by atoms with Gasteiger partial charge in [-0.05, 0) is 36.9 Å². The number of anilines is 1. The Morgan fingerprint density at radius 1 is 1.41 bits per heavy atom. The Morgan fingerprint density at radius 2 is 2.19 bits per heavy atom. The lowest BCUT2D eigenvalue weighted by Crippen LogP contribution is -2.26. The number of nitriles is 1. The van der Waals surface area contributed by atoms with Crippen molar-refractivity contribution in [3.05, 3.63) is 51.6 Å². The van der Waals surface area contributed by atoms with Crippen LogP contribution in [0.4, 0.5) is 5.00 Å². The number of thioether (sulfide) groups is 1. The van der Waals surface area contributed by atoms with E-state index >= 15 is 0 Å². The van der Waals surface area contributed by atoms with Crippen LogP contribution in [0.5, 0.6) is 0 Å². The molecule has 138 valence electrons. The minimum Gasteiger partial charge on any atom is -0.316 e. The molecule has 0 spiro atoms. The molecule has 1 N–H and O–H groups in total. The second-order valence-electron chi connectivity index (χ2n) is 5.96. The number of hydrogen-bond acceptors (Lipinski definition) is 6. The number of amides is 1. The van der Waals surface area contributed by atoms with Gasteiger partial charge in [0.15, 0.2) is 5.16 Å². The quantitative estimate of drug-likeness (QED) is 0.500. The van der Waals surface area contributed by atoms with Gasteiger partial charge < -0.3 is 5.32 Å². The number of aromatic nitrogens is 2. The number of carbonyl (C=O) groups excluding carboxylic acids is 1. The summed E-state index contributed by atoms with van der Waals surface area (Å²) < 4.78 is 1.66. The van der Waals surface area contributed by atoms with E-state index in [0.29, 0.717) is 26.6 Å². The van der Waals surface area contributed by atoms with Gasteiger partial charge in [0.1, 0.15) is 11.1 Å². The van der Waals surface area contributed by atoms with Crippen LogP contribution in [0, 0.1) is 11.3 Å². The van der Waals surface area contributed by atoms with E-state index in [2.05, 4.69) is 10.3 Å². The second-order valence-corrected chi connectivity index (χ2v) is 7.81. The highest BCUT2D eigenvalue weighted by Crippen LogP contribution is 2.25. The van der Waals surface area contributed by atoms with E-state index in [1.54, 1.807) is 28.1 Å². The molecule has 0 radical (unpaired) electrons. The molecule has 27 heavy (non-hydrogen) atoms. The number of nitrogens with zero attached hydrogens (tertiary/aromatic N) is 3. The fourth-order valence-corrected chi connectivity index (χ4v) is 4.24. The minimum absolute atomic E-state index is 0.0253. The zero-order chi connectivity index (χ0) is 19.4. The summed E-state index contributed by atoms with van der Waals surface area (Å²) in [6.07, 6.45) is 0.778. The molecule has 3 rings (SSSR count). The summed E-state index contributed by atoms with van der Waals surface area (Å²) in [5, 5.41) is 15.2. The molecule has 1 atom stereocenters. The minimum atomic E-state index is -0.239. The van der Waals surface area contributed by atoms with Crippen LogP contribution in [-0.2, 0) is 4.79 Å². The van der Waals surface area contributed by atoms with Crippen molar-refractivity contribution in [3.8, 4) is 6.07 Å². The molecule has 2 heterocycles. The van der Waals surface area contributed by atoms with Crippen LogP contribution in [0.1, 0.15) is 31.9 Å². The van der Waals surface area contributed by atoms with E-state index in [1.165, 1.54) is 23.1 Å². The van der Waals surface area contributed by atoms with E-state index in [-0.39, 0.29) is 23.3 Å². The summed E-state index contributed by atoms with van der Waals surface area (Å²) in [5.41, 5.74) is 0.969. The summed E-state index contributed by atoms with van der Waals surface area (Å²) in [4.78, 5) is 29.8. The Hall–Kier alpha value is -2.63. The Labute approximate surface area is 164 Å². The van der Waals surface area contributed by atoms with Gasteiger partial charge in [-0.1, -0.05) is 30.8 Å². The largest absolute Gasteiger partial charge is 0.316 e. The van der Waals surface area contributed by atoms with Crippen molar-refractivity contribution >= 4 is 44.9 Å². The average molecular weight is 399 g/mol.